The first-order valence-electron chi connectivity index (χ1n) is 9.40. The molecule has 1 rings (SSSR count). The van der Waals surface area contributed by atoms with E-state index in [9.17, 15) is 9.18 Å². The van der Waals surface area contributed by atoms with Gasteiger partial charge in [-0.25, -0.2) is 4.39 Å². The molecule has 0 aromatic heterocycles. The summed E-state index contributed by atoms with van der Waals surface area (Å²) >= 11 is 0. The highest BCUT2D eigenvalue weighted by atomic mass is 19.1. The van der Waals surface area contributed by atoms with Crippen LogP contribution in [0.3, 0.4) is 0 Å². The Labute approximate surface area is 147 Å². The lowest BCUT2D eigenvalue weighted by molar-refractivity contribution is -0.127. The first-order valence-corrected chi connectivity index (χ1v) is 9.40. The first kappa shape index (κ1) is 20.7. The topological polar surface area (TPSA) is 20.3 Å². The predicted octanol–water partition coefficient (Wildman–Crippen LogP) is 6.13. The highest BCUT2D eigenvalue weighted by Crippen LogP contribution is 2.31. The van der Waals surface area contributed by atoms with Gasteiger partial charge in [0.05, 0.1) is 0 Å². The van der Waals surface area contributed by atoms with Crippen LogP contribution in [0.25, 0.3) is 0 Å². The van der Waals surface area contributed by atoms with Gasteiger partial charge in [-0.3, -0.25) is 4.79 Å². The molecule has 0 N–H and O–H groups in total. The van der Waals surface area contributed by atoms with E-state index >= 15 is 0 Å². The zero-order valence-corrected chi connectivity index (χ0v) is 16.3. The van der Waals surface area contributed by atoms with Crippen LogP contribution in [0.15, 0.2) is 18.2 Å². The van der Waals surface area contributed by atoms with Crippen molar-refractivity contribution in [2.24, 2.45) is 5.41 Å². The number of rotatable bonds is 9. The Balaban J connectivity index is 3.20. The van der Waals surface area contributed by atoms with Gasteiger partial charge in [-0.1, -0.05) is 53.9 Å². The van der Waals surface area contributed by atoms with Gasteiger partial charge < -0.3 is 4.90 Å². The van der Waals surface area contributed by atoms with Gasteiger partial charge >= 0.3 is 0 Å². The van der Waals surface area contributed by atoms with E-state index in [1.54, 1.807) is 6.07 Å². The summed E-state index contributed by atoms with van der Waals surface area (Å²) in [5, 5.41) is 0. The number of anilines is 1. The van der Waals surface area contributed by atoms with Crippen LogP contribution in [0.2, 0.25) is 0 Å². The number of hydrogen-bond donors (Lipinski definition) is 0. The number of benzene rings is 1. The standard InChI is InChI=1S/C21H34FNO/c1-7-10-11-12-16(4)23(20(24)21(5,6)9-3)18-13-14-19(22)17(8-2)15-18/h13-16H,7-12H2,1-6H3. The number of aryl methyl sites for hydroxylation is 1. The maximum Gasteiger partial charge on any atom is 0.232 e. The highest BCUT2D eigenvalue weighted by molar-refractivity contribution is 5.97. The summed E-state index contributed by atoms with van der Waals surface area (Å²) in [6, 6.07) is 5.20. The number of amides is 1. The van der Waals surface area contributed by atoms with Gasteiger partial charge in [0.15, 0.2) is 0 Å². The molecule has 1 aromatic carbocycles. The molecule has 1 unspecified atom stereocenters. The minimum Gasteiger partial charge on any atom is -0.309 e. The second-order valence-electron chi connectivity index (χ2n) is 7.39. The lowest BCUT2D eigenvalue weighted by Crippen LogP contribution is -2.46. The van der Waals surface area contributed by atoms with Crippen molar-refractivity contribution in [2.45, 2.75) is 86.1 Å². The SMILES string of the molecule is CCCCCC(C)N(C(=O)C(C)(C)CC)c1ccc(F)c(CC)c1. The molecule has 1 aromatic rings. The van der Waals surface area contributed by atoms with Crippen molar-refractivity contribution in [1.82, 2.24) is 0 Å². The van der Waals surface area contributed by atoms with Crippen LogP contribution >= 0.6 is 0 Å². The number of carbonyl (C=O) groups excluding carboxylic acids is 1. The van der Waals surface area contributed by atoms with Gasteiger partial charge in [0.25, 0.3) is 0 Å². The minimum atomic E-state index is -0.417. The van der Waals surface area contributed by atoms with Crippen molar-refractivity contribution < 1.29 is 9.18 Å². The molecule has 0 aliphatic heterocycles. The molecule has 0 saturated heterocycles. The summed E-state index contributed by atoms with van der Waals surface area (Å²) in [4.78, 5) is 15.1. The second kappa shape index (κ2) is 9.19. The average Bonchev–Trinajstić information content (AvgIpc) is 2.56. The molecule has 1 atom stereocenters. The Morgan fingerprint density at radius 2 is 1.88 bits per heavy atom. The summed E-state index contributed by atoms with van der Waals surface area (Å²) in [6.45, 7) is 12.3. The van der Waals surface area contributed by atoms with Gasteiger partial charge in [0.2, 0.25) is 5.91 Å². The number of nitrogens with zero attached hydrogens (tertiary/aromatic N) is 1. The van der Waals surface area contributed by atoms with E-state index < -0.39 is 5.41 Å². The maximum atomic E-state index is 13.9. The van der Waals surface area contributed by atoms with E-state index in [0.29, 0.717) is 12.0 Å². The zero-order valence-electron chi connectivity index (χ0n) is 16.3. The van der Waals surface area contributed by atoms with Gasteiger partial charge in [-0.05, 0) is 49.9 Å². The Hall–Kier alpha value is -1.38. The lowest BCUT2D eigenvalue weighted by atomic mass is 9.87. The fourth-order valence-electron chi connectivity index (χ4n) is 2.85. The maximum absolute atomic E-state index is 13.9. The first-order chi connectivity index (χ1) is 11.3. The largest absolute Gasteiger partial charge is 0.309 e. The third-order valence-electron chi connectivity index (χ3n) is 5.04. The van der Waals surface area contributed by atoms with Gasteiger partial charge in [-0.15, -0.1) is 0 Å². The summed E-state index contributed by atoms with van der Waals surface area (Å²) in [6.07, 6.45) is 5.83. The molecule has 1 amide bonds. The van der Waals surface area contributed by atoms with Crippen LogP contribution in [0.5, 0.6) is 0 Å². The Morgan fingerprint density at radius 1 is 1.21 bits per heavy atom. The molecule has 2 nitrogen and oxygen atoms in total. The molecular weight excluding hydrogens is 301 g/mol. The van der Waals surface area contributed by atoms with E-state index in [4.69, 9.17) is 0 Å². The van der Waals surface area contributed by atoms with E-state index in [0.717, 1.165) is 31.4 Å². The van der Waals surface area contributed by atoms with Crippen LogP contribution in [-0.2, 0) is 11.2 Å². The van der Waals surface area contributed by atoms with E-state index in [1.807, 2.05) is 38.7 Å². The molecule has 136 valence electrons. The monoisotopic (exact) mass is 335 g/mol. The van der Waals surface area contributed by atoms with Crippen LogP contribution in [-0.4, -0.2) is 11.9 Å². The molecule has 3 heteroatoms. The van der Waals surface area contributed by atoms with Crippen LogP contribution in [0.4, 0.5) is 10.1 Å². The Morgan fingerprint density at radius 3 is 2.42 bits per heavy atom. The van der Waals surface area contributed by atoms with Crippen molar-refractivity contribution in [3.05, 3.63) is 29.6 Å². The Bertz CT molecular complexity index is 539. The number of unbranched alkanes of at least 4 members (excludes halogenated alkanes) is 2. The molecule has 0 saturated carbocycles. The lowest BCUT2D eigenvalue weighted by Gasteiger charge is -2.36. The molecule has 0 heterocycles. The normalized spacial score (nSPS) is 13.0. The molecule has 24 heavy (non-hydrogen) atoms. The van der Waals surface area contributed by atoms with Crippen molar-refractivity contribution in [3.8, 4) is 0 Å². The fraction of sp³-hybridized carbons (Fsp3) is 0.667. The third-order valence-corrected chi connectivity index (χ3v) is 5.04. The number of carbonyl (C=O) groups is 1. The molecule has 0 radical (unpaired) electrons. The average molecular weight is 336 g/mol. The van der Waals surface area contributed by atoms with Crippen molar-refractivity contribution in [3.63, 3.8) is 0 Å². The minimum absolute atomic E-state index is 0.116. The van der Waals surface area contributed by atoms with Crippen molar-refractivity contribution in [2.75, 3.05) is 4.90 Å². The van der Waals surface area contributed by atoms with Crippen LogP contribution < -0.4 is 4.90 Å². The summed E-state index contributed by atoms with van der Waals surface area (Å²) in [5.41, 5.74) is 1.07. The molecule has 0 bridgehead atoms. The molecular formula is C21H34FNO. The van der Waals surface area contributed by atoms with Crippen LogP contribution in [0, 0.1) is 11.2 Å². The van der Waals surface area contributed by atoms with Gasteiger partial charge in [0.1, 0.15) is 5.82 Å². The van der Waals surface area contributed by atoms with Crippen molar-refractivity contribution in [1.29, 1.82) is 0 Å². The van der Waals surface area contributed by atoms with E-state index in [2.05, 4.69) is 13.8 Å². The highest BCUT2D eigenvalue weighted by Gasteiger charge is 2.33. The van der Waals surface area contributed by atoms with Crippen LogP contribution in [0.1, 0.15) is 79.2 Å². The quantitative estimate of drug-likeness (QED) is 0.497. The number of hydrogen-bond acceptors (Lipinski definition) is 1. The summed E-state index contributed by atoms with van der Waals surface area (Å²) < 4.78 is 13.9. The number of halogens is 1. The summed E-state index contributed by atoms with van der Waals surface area (Å²) in [5.74, 6) is -0.0651. The molecule has 0 aliphatic rings. The van der Waals surface area contributed by atoms with Crippen molar-refractivity contribution >= 4 is 11.6 Å². The van der Waals surface area contributed by atoms with E-state index in [1.165, 1.54) is 12.5 Å². The fourth-order valence-corrected chi connectivity index (χ4v) is 2.85. The molecule has 0 spiro atoms. The van der Waals surface area contributed by atoms with Gasteiger partial charge in [0, 0.05) is 17.1 Å². The third kappa shape index (κ3) is 5.06. The molecule has 0 fully saturated rings. The smallest absolute Gasteiger partial charge is 0.232 e. The Kier molecular flexibility index (Phi) is 7.92. The summed E-state index contributed by atoms with van der Waals surface area (Å²) in [7, 11) is 0. The predicted molar refractivity (Wildman–Crippen MR) is 101 cm³/mol. The zero-order chi connectivity index (χ0) is 18.3. The van der Waals surface area contributed by atoms with Gasteiger partial charge in [-0.2, -0.15) is 0 Å². The second-order valence-corrected chi connectivity index (χ2v) is 7.39. The van der Waals surface area contributed by atoms with E-state index in [-0.39, 0.29) is 17.8 Å². The molecule has 0 aliphatic carbocycles.